The molecular weight excluding hydrogens is 260 g/mol. The lowest BCUT2D eigenvalue weighted by molar-refractivity contribution is -0.385. The summed E-state index contributed by atoms with van der Waals surface area (Å²) in [6, 6.07) is 4.73. The molecule has 1 aliphatic carbocycles. The number of rotatable bonds is 4. The van der Waals surface area contributed by atoms with Crippen molar-refractivity contribution in [2.24, 2.45) is 5.41 Å². The molecule has 0 bridgehead atoms. The van der Waals surface area contributed by atoms with Crippen molar-refractivity contribution < 1.29 is 9.66 Å². The summed E-state index contributed by atoms with van der Waals surface area (Å²) in [5, 5.41) is 22.9. The number of nitrogens with one attached hydrogen (secondary N) is 1. The Kier molecular flexibility index (Phi) is 3.59. The van der Waals surface area contributed by atoms with E-state index in [0.29, 0.717) is 5.82 Å². The molecule has 7 nitrogen and oxygen atoms in total. The average molecular weight is 276 g/mol. The Hall–Kier alpha value is -2.20. The third kappa shape index (κ3) is 2.30. The molecule has 0 aliphatic heterocycles. The summed E-state index contributed by atoms with van der Waals surface area (Å²) in [4.78, 5) is 14.1. The zero-order valence-corrected chi connectivity index (χ0v) is 11.6. The minimum atomic E-state index is -0.608. The maximum Gasteiger partial charge on any atom is 0.305 e. The number of hydrogen-bond acceptors (Lipinski definition) is 6. The van der Waals surface area contributed by atoms with E-state index in [1.54, 1.807) is 13.2 Å². The molecule has 106 valence electrons. The van der Waals surface area contributed by atoms with Crippen molar-refractivity contribution in [1.29, 1.82) is 5.26 Å². The first-order chi connectivity index (χ1) is 9.40. The Bertz CT molecular complexity index is 579. The molecular formula is C13H16N4O3. The third-order valence-corrected chi connectivity index (χ3v) is 3.96. The second-order valence-electron chi connectivity index (χ2n) is 5.41. The molecule has 0 amide bonds. The highest BCUT2D eigenvalue weighted by molar-refractivity contribution is 5.51. The van der Waals surface area contributed by atoms with Gasteiger partial charge in [0.25, 0.3) is 0 Å². The van der Waals surface area contributed by atoms with Gasteiger partial charge in [0.15, 0.2) is 0 Å². The summed E-state index contributed by atoms with van der Waals surface area (Å²) in [5.74, 6) is 0.472. The van der Waals surface area contributed by atoms with Gasteiger partial charge in [-0.15, -0.1) is 0 Å². The summed E-state index contributed by atoms with van der Waals surface area (Å²) >= 11 is 0. The molecule has 20 heavy (non-hydrogen) atoms. The number of nitriles is 1. The van der Waals surface area contributed by atoms with Gasteiger partial charge >= 0.3 is 5.69 Å². The van der Waals surface area contributed by atoms with Gasteiger partial charge in [-0.05, 0) is 12.5 Å². The van der Waals surface area contributed by atoms with Gasteiger partial charge in [0, 0.05) is 24.6 Å². The number of nitro groups is 1. The highest BCUT2D eigenvalue weighted by Crippen LogP contribution is 2.43. The zero-order chi connectivity index (χ0) is 14.9. The van der Waals surface area contributed by atoms with Gasteiger partial charge in [-0.3, -0.25) is 10.1 Å². The number of nitrogens with zero attached hydrogens (tertiary/aromatic N) is 3. The highest BCUT2D eigenvalue weighted by atomic mass is 16.6. The normalized spacial score (nSPS) is 23.5. The highest BCUT2D eigenvalue weighted by Gasteiger charge is 2.48. The van der Waals surface area contributed by atoms with E-state index in [4.69, 9.17) is 10.00 Å². The van der Waals surface area contributed by atoms with Crippen LogP contribution in [0.4, 0.5) is 11.5 Å². The van der Waals surface area contributed by atoms with Crippen LogP contribution in [0.3, 0.4) is 0 Å². The molecule has 1 aliphatic rings. The third-order valence-electron chi connectivity index (χ3n) is 3.96. The number of hydrogen-bond donors (Lipinski definition) is 1. The van der Waals surface area contributed by atoms with Gasteiger partial charge in [-0.1, -0.05) is 13.8 Å². The topological polar surface area (TPSA) is 101 Å². The molecule has 2 unspecified atom stereocenters. The van der Waals surface area contributed by atoms with E-state index in [1.807, 2.05) is 0 Å². The van der Waals surface area contributed by atoms with Crippen molar-refractivity contribution >= 4 is 11.5 Å². The van der Waals surface area contributed by atoms with Crippen LogP contribution in [0.25, 0.3) is 0 Å². The number of pyridine rings is 1. The molecule has 2 rings (SSSR count). The van der Waals surface area contributed by atoms with E-state index in [0.717, 1.165) is 6.42 Å². The molecule has 2 atom stereocenters. The monoisotopic (exact) mass is 276 g/mol. The Morgan fingerprint density at radius 2 is 2.30 bits per heavy atom. The van der Waals surface area contributed by atoms with E-state index in [-0.39, 0.29) is 28.9 Å². The van der Waals surface area contributed by atoms with Crippen molar-refractivity contribution in [3.05, 3.63) is 27.9 Å². The molecule has 7 heteroatoms. The number of ether oxygens (including phenoxy) is 1. The predicted molar refractivity (Wildman–Crippen MR) is 72.2 cm³/mol. The fourth-order valence-corrected chi connectivity index (χ4v) is 2.47. The largest absolute Gasteiger partial charge is 0.381 e. The maximum atomic E-state index is 10.7. The van der Waals surface area contributed by atoms with Crippen LogP contribution in [-0.4, -0.2) is 29.2 Å². The first-order valence-corrected chi connectivity index (χ1v) is 6.25. The van der Waals surface area contributed by atoms with Crippen LogP contribution in [0, 0.1) is 26.9 Å². The standard InChI is InChI=1S/C13H16N4O3/c1-13(2)10(6-11(13)20-3)16-12-5-4-9(17(18)19)8(7-14)15-12/h4-5,10-11H,6H2,1-3H3,(H,15,16). The van der Waals surface area contributed by atoms with Gasteiger partial charge in [0.1, 0.15) is 11.9 Å². The van der Waals surface area contributed by atoms with Crippen molar-refractivity contribution in [3.8, 4) is 6.07 Å². The second-order valence-corrected chi connectivity index (χ2v) is 5.41. The molecule has 1 fully saturated rings. The van der Waals surface area contributed by atoms with Crippen LogP contribution < -0.4 is 5.32 Å². The molecule has 0 radical (unpaired) electrons. The summed E-state index contributed by atoms with van der Waals surface area (Å²) in [5.41, 5.74) is -0.508. The quantitative estimate of drug-likeness (QED) is 0.667. The second kappa shape index (κ2) is 5.06. The average Bonchev–Trinajstić information content (AvgIpc) is 2.42. The van der Waals surface area contributed by atoms with E-state index in [2.05, 4.69) is 24.1 Å². The van der Waals surface area contributed by atoms with Crippen molar-refractivity contribution in [3.63, 3.8) is 0 Å². The van der Waals surface area contributed by atoms with E-state index in [1.165, 1.54) is 12.1 Å². The molecule has 0 aromatic carbocycles. The lowest BCUT2D eigenvalue weighted by Gasteiger charge is -2.51. The lowest BCUT2D eigenvalue weighted by atomic mass is 9.64. The molecule has 1 N–H and O–H groups in total. The van der Waals surface area contributed by atoms with Gasteiger partial charge in [0.05, 0.1) is 11.0 Å². The van der Waals surface area contributed by atoms with Crippen LogP contribution in [-0.2, 0) is 4.74 Å². The first-order valence-electron chi connectivity index (χ1n) is 6.25. The zero-order valence-electron chi connectivity index (χ0n) is 11.6. The summed E-state index contributed by atoms with van der Waals surface area (Å²) in [7, 11) is 1.68. The number of aromatic nitrogens is 1. The summed E-state index contributed by atoms with van der Waals surface area (Å²) < 4.78 is 5.36. The smallest absolute Gasteiger partial charge is 0.305 e. The number of methoxy groups -OCH3 is 1. The molecule has 1 aromatic rings. The van der Waals surface area contributed by atoms with Crippen LogP contribution in [0.2, 0.25) is 0 Å². The SMILES string of the molecule is COC1CC(Nc2ccc([N+](=O)[O-])c(C#N)n2)C1(C)C. The Morgan fingerprint density at radius 3 is 2.80 bits per heavy atom. The van der Waals surface area contributed by atoms with Crippen LogP contribution >= 0.6 is 0 Å². The number of anilines is 1. The minimum absolute atomic E-state index is 0.0506. The van der Waals surface area contributed by atoms with E-state index in [9.17, 15) is 10.1 Å². The van der Waals surface area contributed by atoms with E-state index >= 15 is 0 Å². The lowest BCUT2D eigenvalue weighted by Crippen LogP contribution is -2.57. The van der Waals surface area contributed by atoms with Gasteiger partial charge in [-0.2, -0.15) is 5.26 Å². The fraction of sp³-hybridized carbons (Fsp3) is 0.538. The Morgan fingerprint density at radius 1 is 1.60 bits per heavy atom. The van der Waals surface area contributed by atoms with E-state index < -0.39 is 4.92 Å². The maximum absolute atomic E-state index is 10.7. The van der Waals surface area contributed by atoms with Crippen LogP contribution in [0.5, 0.6) is 0 Å². The fourth-order valence-electron chi connectivity index (χ4n) is 2.47. The molecule has 0 saturated heterocycles. The first kappa shape index (κ1) is 14.2. The summed E-state index contributed by atoms with van der Waals surface area (Å²) in [6.07, 6.45) is 1.01. The Labute approximate surface area is 116 Å². The van der Waals surface area contributed by atoms with Crippen molar-refractivity contribution in [1.82, 2.24) is 4.98 Å². The molecule has 1 heterocycles. The predicted octanol–water partition coefficient (Wildman–Crippen LogP) is 2.09. The van der Waals surface area contributed by atoms with Crippen LogP contribution in [0.1, 0.15) is 26.0 Å². The Balaban J connectivity index is 2.16. The van der Waals surface area contributed by atoms with Gasteiger partial charge in [-0.25, -0.2) is 4.98 Å². The molecule has 1 aromatic heterocycles. The van der Waals surface area contributed by atoms with Crippen LogP contribution in [0.15, 0.2) is 12.1 Å². The minimum Gasteiger partial charge on any atom is -0.381 e. The molecule has 1 saturated carbocycles. The molecule has 0 spiro atoms. The summed E-state index contributed by atoms with van der Waals surface area (Å²) in [6.45, 7) is 4.16. The van der Waals surface area contributed by atoms with Gasteiger partial charge < -0.3 is 10.1 Å². The van der Waals surface area contributed by atoms with Crippen molar-refractivity contribution in [2.75, 3.05) is 12.4 Å². The van der Waals surface area contributed by atoms with Gasteiger partial charge in [0.2, 0.25) is 5.69 Å². The van der Waals surface area contributed by atoms with Crippen molar-refractivity contribution in [2.45, 2.75) is 32.4 Å².